The molecule has 0 bridgehead atoms. The standard InChI is InChI=1S/C10H12N2O2/c1-7-3-4-9(10(11)14)6-12(7)5-8(2)13/h3-4,6H,5H2,1-2H3,(H-,11,14)/p+1. The fourth-order valence-corrected chi connectivity index (χ4v) is 1.17. The quantitative estimate of drug-likeness (QED) is 0.685. The van der Waals surface area contributed by atoms with E-state index in [0.29, 0.717) is 5.56 Å². The van der Waals surface area contributed by atoms with Gasteiger partial charge >= 0.3 is 0 Å². The molecule has 2 N–H and O–H groups in total. The van der Waals surface area contributed by atoms with Crippen LogP contribution in [-0.4, -0.2) is 11.7 Å². The molecule has 0 radical (unpaired) electrons. The first kappa shape index (κ1) is 10.4. The van der Waals surface area contributed by atoms with Crippen molar-refractivity contribution in [3.05, 3.63) is 29.6 Å². The Morgan fingerprint density at radius 2 is 2.07 bits per heavy atom. The molecule has 0 saturated heterocycles. The molecule has 74 valence electrons. The Hall–Kier alpha value is -1.71. The van der Waals surface area contributed by atoms with E-state index in [1.807, 2.05) is 6.92 Å². The summed E-state index contributed by atoms with van der Waals surface area (Å²) in [5, 5.41) is 0. The number of pyridine rings is 1. The number of nitrogens with two attached hydrogens (primary N) is 1. The number of aryl methyl sites for hydroxylation is 1. The van der Waals surface area contributed by atoms with Gasteiger partial charge in [0.2, 0.25) is 6.54 Å². The van der Waals surface area contributed by atoms with Gasteiger partial charge in [-0.15, -0.1) is 0 Å². The van der Waals surface area contributed by atoms with Gasteiger partial charge in [-0.1, -0.05) is 0 Å². The third-order valence-electron chi connectivity index (χ3n) is 1.93. The summed E-state index contributed by atoms with van der Waals surface area (Å²) in [6.07, 6.45) is 1.60. The van der Waals surface area contributed by atoms with Crippen LogP contribution in [0.3, 0.4) is 0 Å². The molecule has 0 atom stereocenters. The van der Waals surface area contributed by atoms with Crippen molar-refractivity contribution in [1.82, 2.24) is 0 Å². The fraction of sp³-hybridized carbons (Fsp3) is 0.300. The van der Waals surface area contributed by atoms with Crippen molar-refractivity contribution in [1.29, 1.82) is 0 Å². The van der Waals surface area contributed by atoms with E-state index < -0.39 is 5.91 Å². The van der Waals surface area contributed by atoms with Crippen molar-refractivity contribution in [2.45, 2.75) is 20.4 Å². The molecule has 14 heavy (non-hydrogen) atoms. The van der Waals surface area contributed by atoms with Gasteiger partial charge in [0.05, 0.1) is 0 Å². The van der Waals surface area contributed by atoms with Gasteiger partial charge in [-0.05, 0) is 6.07 Å². The van der Waals surface area contributed by atoms with Crippen LogP contribution in [0.15, 0.2) is 18.3 Å². The lowest BCUT2D eigenvalue weighted by atomic mass is 10.2. The van der Waals surface area contributed by atoms with Gasteiger partial charge in [-0.2, -0.15) is 4.57 Å². The van der Waals surface area contributed by atoms with Crippen LogP contribution < -0.4 is 10.3 Å². The topological polar surface area (TPSA) is 64.0 Å². The second-order valence-corrected chi connectivity index (χ2v) is 3.25. The maximum Gasteiger partial charge on any atom is 0.254 e. The average Bonchev–Trinajstić information content (AvgIpc) is 2.07. The Bertz CT molecular complexity index is 386. The molecule has 0 aliphatic carbocycles. The van der Waals surface area contributed by atoms with Crippen LogP contribution in [0, 0.1) is 6.92 Å². The van der Waals surface area contributed by atoms with E-state index in [1.165, 1.54) is 6.92 Å². The summed E-state index contributed by atoms with van der Waals surface area (Å²) in [5.74, 6) is -0.443. The van der Waals surface area contributed by atoms with E-state index in [9.17, 15) is 9.59 Å². The zero-order chi connectivity index (χ0) is 10.7. The Morgan fingerprint density at radius 3 is 2.57 bits per heavy atom. The van der Waals surface area contributed by atoms with Crippen LogP contribution in [0.25, 0.3) is 0 Å². The number of amides is 1. The first-order chi connectivity index (χ1) is 6.50. The third-order valence-corrected chi connectivity index (χ3v) is 1.93. The molecule has 1 rings (SSSR count). The summed E-state index contributed by atoms with van der Waals surface area (Å²) in [5.41, 5.74) is 6.46. The zero-order valence-electron chi connectivity index (χ0n) is 8.28. The number of Topliss-reactive ketones (excluding diaryl/α,β-unsaturated/α-hetero) is 1. The molecule has 0 spiro atoms. The molecule has 0 saturated carbocycles. The van der Waals surface area contributed by atoms with E-state index in [4.69, 9.17) is 5.73 Å². The minimum atomic E-state index is -0.484. The highest BCUT2D eigenvalue weighted by Crippen LogP contribution is 1.96. The number of hydrogen-bond acceptors (Lipinski definition) is 2. The summed E-state index contributed by atoms with van der Waals surface area (Å²) in [4.78, 5) is 21.8. The van der Waals surface area contributed by atoms with E-state index >= 15 is 0 Å². The van der Waals surface area contributed by atoms with E-state index in [0.717, 1.165) is 5.69 Å². The highest BCUT2D eigenvalue weighted by Gasteiger charge is 2.12. The first-order valence-corrected chi connectivity index (χ1v) is 4.30. The highest BCUT2D eigenvalue weighted by molar-refractivity contribution is 5.92. The third kappa shape index (κ3) is 2.39. The number of carbonyl (C=O) groups is 2. The lowest BCUT2D eigenvalue weighted by Crippen LogP contribution is -2.41. The highest BCUT2D eigenvalue weighted by atomic mass is 16.1. The number of carbonyl (C=O) groups excluding carboxylic acids is 2. The fourth-order valence-electron chi connectivity index (χ4n) is 1.17. The average molecular weight is 193 g/mol. The molecule has 4 heteroatoms. The largest absolute Gasteiger partial charge is 0.365 e. The summed E-state index contributed by atoms with van der Waals surface area (Å²) in [7, 11) is 0. The van der Waals surface area contributed by atoms with Crippen molar-refractivity contribution in [2.24, 2.45) is 5.73 Å². The Labute approximate surface area is 82.3 Å². The first-order valence-electron chi connectivity index (χ1n) is 4.30. The van der Waals surface area contributed by atoms with Gasteiger partial charge < -0.3 is 5.73 Å². The zero-order valence-corrected chi connectivity index (χ0v) is 8.28. The van der Waals surface area contributed by atoms with Gasteiger partial charge in [0.1, 0.15) is 5.56 Å². The molecule has 1 heterocycles. The van der Waals surface area contributed by atoms with Gasteiger partial charge in [-0.3, -0.25) is 9.59 Å². The molecule has 0 unspecified atom stereocenters. The lowest BCUT2D eigenvalue weighted by molar-refractivity contribution is -0.690. The van der Waals surface area contributed by atoms with Crippen LogP contribution in [-0.2, 0) is 11.3 Å². The SMILES string of the molecule is CC(=O)C[n+]1cc(C(N)=O)ccc1C. The van der Waals surface area contributed by atoms with Crippen molar-refractivity contribution in [3.8, 4) is 0 Å². The van der Waals surface area contributed by atoms with Crippen molar-refractivity contribution >= 4 is 11.7 Å². The van der Waals surface area contributed by atoms with Gasteiger partial charge in [0.15, 0.2) is 17.7 Å². The van der Waals surface area contributed by atoms with Crippen LogP contribution in [0.4, 0.5) is 0 Å². The molecule has 0 aliphatic rings. The molecule has 4 nitrogen and oxygen atoms in total. The van der Waals surface area contributed by atoms with Crippen LogP contribution in [0.5, 0.6) is 0 Å². The predicted octanol–water partition coefficient (Wildman–Crippen LogP) is -0.0296. The molecular formula is C10H13N2O2+. The van der Waals surface area contributed by atoms with Gasteiger partial charge in [0, 0.05) is 19.9 Å². The molecule has 1 aromatic heterocycles. The number of hydrogen-bond donors (Lipinski definition) is 1. The van der Waals surface area contributed by atoms with Crippen molar-refractivity contribution < 1.29 is 14.2 Å². The van der Waals surface area contributed by atoms with E-state index in [-0.39, 0.29) is 12.3 Å². The Balaban J connectivity index is 3.08. The van der Waals surface area contributed by atoms with Crippen molar-refractivity contribution in [2.75, 3.05) is 0 Å². The van der Waals surface area contributed by atoms with E-state index in [1.54, 1.807) is 22.9 Å². The lowest BCUT2D eigenvalue weighted by Gasteiger charge is -1.99. The molecule has 1 aromatic rings. The van der Waals surface area contributed by atoms with Crippen LogP contribution in [0.2, 0.25) is 0 Å². The second kappa shape index (κ2) is 4.00. The van der Waals surface area contributed by atoms with Crippen LogP contribution in [0.1, 0.15) is 23.0 Å². The summed E-state index contributed by atoms with van der Waals surface area (Å²) in [6.45, 7) is 3.64. The van der Waals surface area contributed by atoms with Gasteiger partial charge in [-0.25, -0.2) is 0 Å². The van der Waals surface area contributed by atoms with E-state index in [2.05, 4.69) is 0 Å². The maximum absolute atomic E-state index is 10.9. The smallest absolute Gasteiger partial charge is 0.254 e. The number of primary amides is 1. The monoisotopic (exact) mass is 193 g/mol. The normalized spacial score (nSPS) is 9.86. The summed E-state index contributed by atoms with van der Waals surface area (Å²) < 4.78 is 1.71. The predicted molar refractivity (Wildman–Crippen MR) is 50.6 cm³/mol. The minimum absolute atomic E-state index is 0.0414. The second-order valence-electron chi connectivity index (χ2n) is 3.25. The molecule has 0 aromatic carbocycles. The number of rotatable bonds is 3. The van der Waals surface area contributed by atoms with Crippen molar-refractivity contribution in [3.63, 3.8) is 0 Å². The Morgan fingerprint density at radius 1 is 1.43 bits per heavy atom. The minimum Gasteiger partial charge on any atom is -0.365 e. The Kier molecular flexibility index (Phi) is 2.96. The molecule has 1 amide bonds. The molecule has 0 fully saturated rings. The maximum atomic E-state index is 10.9. The summed E-state index contributed by atoms with van der Waals surface area (Å²) >= 11 is 0. The van der Waals surface area contributed by atoms with Gasteiger partial charge in [0.25, 0.3) is 5.91 Å². The molecule has 0 aliphatic heterocycles. The number of nitrogens with zero attached hydrogens (tertiary/aromatic N) is 1. The summed E-state index contributed by atoms with van der Waals surface area (Å²) in [6, 6.07) is 3.41. The molecular weight excluding hydrogens is 180 g/mol. The van der Waals surface area contributed by atoms with Crippen LogP contribution >= 0.6 is 0 Å². The number of aromatic nitrogens is 1. The number of ketones is 1.